The van der Waals surface area contributed by atoms with E-state index in [9.17, 15) is 18.0 Å². The third kappa shape index (κ3) is 4.02. The lowest BCUT2D eigenvalue weighted by Gasteiger charge is -2.20. The Morgan fingerprint density at radius 3 is 2.32 bits per heavy atom. The van der Waals surface area contributed by atoms with Crippen LogP contribution in [-0.4, -0.2) is 17.1 Å². The molecule has 0 unspecified atom stereocenters. The van der Waals surface area contributed by atoms with Gasteiger partial charge in [0.2, 0.25) is 0 Å². The number of carboxylic acid groups (broad SMARTS) is 1. The highest BCUT2D eigenvalue weighted by Gasteiger charge is 2.31. The number of hydrogen-bond donors (Lipinski definition) is 2. The average molecular weight is 296 g/mol. The van der Waals surface area contributed by atoms with Crippen LogP contribution >= 0.6 is 11.6 Å². The Labute approximate surface area is 113 Å². The van der Waals surface area contributed by atoms with E-state index in [1.54, 1.807) is 13.8 Å². The molecule has 106 valence electrons. The quantitative estimate of drug-likeness (QED) is 0.886. The largest absolute Gasteiger partial charge is 0.480 e. The molecule has 0 aliphatic carbocycles. The predicted octanol–water partition coefficient (Wildman–Crippen LogP) is 3.88. The Morgan fingerprint density at radius 1 is 1.37 bits per heavy atom. The first-order chi connectivity index (χ1) is 8.62. The van der Waals surface area contributed by atoms with Crippen molar-refractivity contribution >= 4 is 23.3 Å². The molecule has 0 aliphatic heterocycles. The fraction of sp³-hybridized carbons (Fsp3) is 0.417. The molecule has 0 aromatic heterocycles. The molecule has 19 heavy (non-hydrogen) atoms. The van der Waals surface area contributed by atoms with Crippen LogP contribution in [0.15, 0.2) is 18.2 Å². The van der Waals surface area contributed by atoms with Gasteiger partial charge in [-0.1, -0.05) is 25.4 Å². The first-order valence-electron chi connectivity index (χ1n) is 5.49. The van der Waals surface area contributed by atoms with Crippen LogP contribution in [0.3, 0.4) is 0 Å². The SMILES string of the molecule is CC(C)[C@@H](Nc1ccc(C(F)(F)F)cc1Cl)C(=O)O. The van der Waals surface area contributed by atoms with Crippen LogP contribution in [0.2, 0.25) is 5.02 Å². The van der Waals surface area contributed by atoms with Gasteiger partial charge in [-0.25, -0.2) is 4.79 Å². The summed E-state index contributed by atoms with van der Waals surface area (Å²) in [4.78, 5) is 11.0. The summed E-state index contributed by atoms with van der Waals surface area (Å²) in [6.45, 7) is 3.37. The highest BCUT2D eigenvalue weighted by atomic mass is 35.5. The third-order valence-corrected chi connectivity index (χ3v) is 2.85. The van der Waals surface area contributed by atoms with Gasteiger partial charge in [0.1, 0.15) is 6.04 Å². The van der Waals surface area contributed by atoms with Crippen LogP contribution in [0, 0.1) is 5.92 Å². The highest BCUT2D eigenvalue weighted by molar-refractivity contribution is 6.33. The maximum Gasteiger partial charge on any atom is 0.416 e. The fourth-order valence-corrected chi connectivity index (χ4v) is 1.72. The number of rotatable bonds is 4. The summed E-state index contributed by atoms with van der Waals surface area (Å²) in [5.41, 5.74) is -0.713. The normalized spacial score (nSPS) is 13.4. The standard InChI is InChI=1S/C12H13ClF3NO2/c1-6(2)10(11(18)19)17-9-4-3-7(5-8(9)13)12(14,15)16/h3-6,10,17H,1-2H3,(H,18,19)/t10-/m1/s1. The van der Waals surface area contributed by atoms with E-state index >= 15 is 0 Å². The third-order valence-electron chi connectivity index (χ3n) is 2.54. The number of benzene rings is 1. The number of halogens is 4. The van der Waals surface area contributed by atoms with Crippen molar-refractivity contribution in [3.05, 3.63) is 28.8 Å². The fourth-order valence-electron chi connectivity index (χ4n) is 1.49. The smallest absolute Gasteiger partial charge is 0.416 e. The molecular formula is C12H13ClF3NO2. The van der Waals surface area contributed by atoms with E-state index in [1.165, 1.54) is 0 Å². The molecule has 0 amide bonds. The van der Waals surface area contributed by atoms with Gasteiger partial charge in [-0.05, 0) is 24.1 Å². The molecule has 2 N–H and O–H groups in total. The Bertz CT molecular complexity index is 475. The van der Waals surface area contributed by atoms with Crippen molar-refractivity contribution in [2.24, 2.45) is 5.92 Å². The highest BCUT2D eigenvalue weighted by Crippen LogP contribution is 2.34. The second-order valence-corrected chi connectivity index (χ2v) is 4.80. The molecule has 3 nitrogen and oxygen atoms in total. The van der Waals surface area contributed by atoms with Crippen molar-refractivity contribution in [3.8, 4) is 0 Å². The minimum atomic E-state index is -4.48. The van der Waals surface area contributed by atoms with E-state index in [2.05, 4.69) is 5.32 Å². The summed E-state index contributed by atoms with van der Waals surface area (Å²) in [6, 6.07) is 1.83. The van der Waals surface area contributed by atoms with Crippen LogP contribution in [0.25, 0.3) is 0 Å². The number of nitrogens with one attached hydrogen (secondary N) is 1. The lowest BCUT2D eigenvalue weighted by Crippen LogP contribution is -2.34. The van der Waals surface area contributed by atoms with E-state index < -0.39 is 23.8 Å². The zero-order valence-electron chi connectivity index (χ0n) is 10.3. The summed E-state index contributed by atoms with van der Waals surface area (Å²) in [5, 5.41) is 11.5. The van der Waals surface area contributed by atoms with Gasteiger partial charge in [0.25, 0.3) is 0 Å². The molecule has 0 fully saturated rings. The van der Waals surface area contributed by atoms with Crippen molar-refractivity contribution in [2.45, 2.75) is 26.1 Å². The van der Waals surface area contributed by atoms with Crippen molar-refractivity contribution in [2.75, 3.05) is 5.32 Å². The summed E-state index contributed by atoms with van der Waals surface area (Å²) in [6.07, 6.45) is -4.48. The molecule has 0 spiro atoms. The van der Waals surface area contributed by atoms with Gasteiger partial charge in [-0.3, -0.25) is 0 Å². The molecule has 7 heteroatoms. The summed E-state index contributed by atoms with van der Waals surface area (Å²) in [5.74, 6) is -1.33. The summed E-state index contributed by atoms with van der Waals surface area (Å²) >= 11 is 5.73. The first kappa shape index (κ1) is 15.6. The summed E-state index contributed by atoms with van der Waals surface area (Å²) < 4.78 is 37.3. The molecule has 1 atom stereocenters. The van der Waals surface area contributed by atoms with Gasteiger partial charge < -0.3 is 10.4 Å². The van der Waals surface area contributed by atoms with Gasteiger partial charge in [0.15, 0.2) is 0 Å². The van der Waals surface area contributed by atoms with Crippen molar-refractivity contribution < 1.29 is 23.1 Å². The molecular weight excluding hydrogens is 283 g/mol. The molecule has 0 aliphatic rings. The van der Waals surface area contributed by atoms with Crippen molar-refractivity contribution in [1.82, 2.24) is 0 Å². The maximum atomic E-state index is 12.4. The van der Waals surface area contributed by atoms with Gasteiger partial charge in [0, 0.05) is 0 Å². The number of carboxylic acids is 1. The second-order valence-electron chi connectivity index (χ2n) is 4.40. The van der Waals surface area contributed by atoms with Crippen LogP contribution in [0.4, 0.5) is 18.9 Å². The molecule has 1 rings (SSSR count). The lowest BCUT2D eigenvalue weighted by molar-refractivity contribution is -0.139. The van der Waals surface area contributed by atoms with E-state index in [1.807, 2.05) is 0 Å². The van der Waals surface area contributed by atoms with E-state index in [4.69, 9.17) is 16.7 Å². The zero-order chi connectivity index (χ0) is 14.8. The predicted molar refractivity (Wildman–Crippen MR) is 66.3 cm³/mol. The molecule has 0 saturated heterocycles. The second kappa shape index (κ2) is 5.69. The molecule has 0 heterocycles. The molecule has 1 aromatic carbocycles. The van der Waals surface area contributed by atoms with Crippen molar-refractivity contribution in [1.29, 1.82) is 0 Å². The zero-order valence-corrected chi connectivity index (χ0v) is 11.0. The molecule has 1 aromatic rings. The van der Waals surface area contributed by atoms with Gasteiger partial charge in [0.05, 0.1) is 16.3 Å². The van der Waals surface area contributed by atoms with Crippen LogP contribution in [0.1, 0.15) is 19.4 Å². The lowest BCUT2D eigenvalue weighted by atomic mass is 10.0. The Kier molecular flexibility index (Phi) is 4.68. The summed E-state index contributed by atoms with van der Waals surface area (Å²) in [7, 11) is 0. The molecule has 0 radical (unpaired) electrons. The van der Waals surface area contributed by atoms with Crippen LogP contribution in [0.5, 0.6) is 0 Å². The monoisotopic (exact) mass is 295 g/mol. The number of alkyl halides is 3. The van der Waals surface area contributed by atoms with Crippen molar-refractivity contribution in [3.63, 3.8) is 0 Å². The number of aliphatic carboxylic acids is 1. The maximum absolute atomic E-state index is 12.4. The number of carbonyl (C=O) groups is 1. The topological polar surface area (TPSA) is 49.3 Å². The molecule has 0 bridgehead atoms. The van der Waals surface area contributed by atoms with Gasteiger partial charge in [-0.2, -0.15) is 13.2 Å². The van der Waals surface area contributed by atoms with Crippen LogP contribution < -0.4 is 5.32 Å². The number of anilines is 1. The minimum absolute atomic E-state index is 0.163. The van der Waals surface area contributed by atoms with Crippen LogP contribution in [-0.2, 0) is 11.0 Å². The first-order valence-corrected chi connectivity index (χ1v) is 5.87. The van der Waals surface area contributed by atoms with Gasteiger partial charge in [-0.15, -0.1) is 0 Å². The van der Waals surface area contributed by atoms with E-state index in [0.717, 1.165) is 18.2 Å². The van der Waals surface area contributed by atoms with E-state index in [-0.39, 0.29) is 16.6 Å². The minimum Gasteiger partial charge on any atom is -0.480 e. The Balaban J connectivity index is 3.00. The molecule has 0 saturated carbocycles. The Hall–Kier alpha value is -1.43. The average Bonchev–Trinajstić information content (AvgIpc) is 2.24. The number of hydrogen-bond acceptors (Lipinski definition) is 2. The Morgan fingerprint density at radius 2 is 1.95 bits per heavy atom. The van der Waals surface area contributed by atoms with E-state index in [0.29, 0.717) is 0 Å². The van der Waals surface area contributed by atoms with Gasteiger partial charge >= 0.3 is 12.1 Å².